The molecule has 7 nitrogen and oxygen atoms in total. The van der Waals surface area contributed by atoms with Crippen molar-refractivity contribution in [3.8, 4) is 0 Å². The van der Waals surface area contributed by atoms with E-state index < -0.39 is 5.97 Å². The van der Waals surface area contributed by atoms with Crippen LogP contribution in [0.3, 0.4) is 0 Å². The lowest BCUT2D eigenvalue weighted by molar-refractivity contribution is 0.0648. The van der Waals surface area contributed by atoms with Crippen molar-refractivity contribution in [2.75, 3.05) is 6.54 Å². The highest BCUT2D eigenvalue weighted by atomic mass is 16.4. The second-order valence-corrected chi connectivity index (χ2v) is 6.56. The highest BCUT2D eigenvalue weighted by Crippen LogP contribution is 2.24. The lowest BCUT2D eigenvalue weighted by atomic mass is 10.1. The first-order chi connectivity index (χ1) is 13.4. The number of amides is 3. The van der Waals surface area contributed by atoms with Crippen LogP contribution in [0.1, 0.15) is 66.8 Å². The van der Waals surface area contributed by atoms with Crippen LogP contribution < -0.4 is 5.32 Å². The van der Waals surface area contributed by atoms with Crippen molar-refractivity contribution in [1.82, 2.24) is 10.2 Å². The van der Waals surface area contributed by atoms with E-state index in [9.17, 15) is 19.2 Å². The van der Waals surface area contributed by atoms with E-state index in [1.54, 1.807) is 12.1 Å². The molecule has 28 heavy (non-hydrogen) atoms. The number of carbonyl (C=O) groups is 4. The first kappa shape index (κ1) is 19.3. The predicted octanol–water partition coefficient (Wildman–Crippen LogP) is 2.71. The van der Waals surface area contributed by atoms with E-state index in [0.717, 1.165) is 18.4 Å². The van der Waals surface area contributed by atoms with Gasteiger partial charge in [0, 0.05) is 18.7 Å². The van der Waals surface area contributed by atoms with E-state index in [4.69, 9.17) is 5.11 Å². The molecule has 1 aliphatic heterocycles. The first-order valence-corrected chi connectivity index (χ1v) is 9.03. The Bertz CT molecular complexity index is 950. The SMILES string of the molecule is CCCCN1C(=O)c2ccc(C(=O)NCc3ccc(C(=O)O)cc3)cc2C1=O. The molecule has 0 atom stereocenters. The highest BCUT2D eigenvalue weighted by molar-refractivity contribution is 6.22. The molecular formula is C21H20N2O5. The van der Waals surface area contributed by atoms with Gasteiger partial charge in [-0.1, -0.05) is 25.5 Å². The van der Waals surface area contributed by atoms with E-state index >= 15 is 0 Å². The summed E-state index contributed by atoms with van der Waals surface area (Å²) in [5.41, 5.74) is 1.78. The summed E-state index contributed by atoms with van der Waals surface area (Å²) in [6.07, 6.45) is 1.61. The van der Waals surface area contributed by atoms with E-state index in [1.807, 2.05) is 6.92 Å². The zero-order valence-corrected chi connectivity index (χ0v) is 15.4. The molecule has 1 heterocycles. The maximum Gasteiger partial charge on any atom is 0.335 e. The summed E-state index contributed by atoms with van der Waals surface area (Å²) < 4.78 is 0. The van der Waals surface area contributed by atoms with Crippen molar-refractivity contribution < 1.29 is 24.3 Å². The summed E-state index contributed by atoms with van der Waals surface area (Å²) in [5, 5.41) is 11.6. The predicted molar refractivity (Wildman–Crippen MR) is 101 cm³/mol. The average molecular weight is 380 g/mol. The van der Waals surface area contributed by atoms with Gasteiger partial charge in [-0.25, -0.2) is 4.79 Å². The largest absolute Gasteiger partial charge is 0.478 e. The summed E-state index contributed by atoms with van der Waals surface area (Å²) in [6, 6.07) is 10.7. The summed E-state index contributed by atoms with van der Waals surface area (Å²) in [5.74, 6) is -2.08. The van der Waals surface area contributed by atoms with Gasteiger partial charge in [0.2, 0.25) is 0 Å². The first-order valence-electron chi connectivity index (χ1n) is 9.03. The van der Waals surface area contributed by atoms with Crippen LogP contribution in [0.25, 0.3) is 0 Å². The van der Waals surface area contributed by atoms with Crippen LogP contribution in [0.5, 0.6) is 0 Å². The van der Waals surface area contributed by atoms with Crippen molar-refractivity contribution in [1.29, 1.82) is 0 Å². The molecule has 0 bridgehead atoms. The lowest BCUT2D eigenvalue weighted by Gasteiger charge is -2.12. The van der Waals surface area contributed by atoms with E-state index in [2.05, 4.69) is 5.32 Å². The molecule has 7 heteroatoms. The molecule has 0 aromatic heterocycles. The zero-order valence-electron chi connectivity index (χ0n) is 15.4. The Kier molecular flexibility index (Phi) is 5.54. The second kappa shape index (κ2) is 8.04. The van der Waals surface area contributed by atoms with Gasteiger partial charge in [0.15, 0.2) is 0 Å². The monoisotopic (exact) mass is 380 g/mol. The van der Waals surface area contributed by atoms with Crippen molar-refractivity contribution in [3.05, 3.63) is 70.3 Å². The number of carboxylic acid groups (broad SMARTS) is 1. The lowest BCUT2D eigenvalue weighted by Crippen LogP contribution is -2.30. The van der Waals surface area contributed by atoms with Gasteiger partial charge in [0.05, 0.1) is 16.7 Å². The average Bonchev–Trinajstić information content (AvgIpc) is 2.94. The number of nitrogens with one attached hydrogen (secondary N) is 1. The molecule has 0 fully saturated rings. The van der Waals surface area contributed by atoms with Crippen molar-refractivity contribution in [3.63, 3.8) is 0 Å². The number of hydrogen-bond donors (Lipinski definition) is 2. The van der Waals surface area contributed by atoms with Gasteiger partial charge in [-0.05, 0) is 42.3 Å². The Morgan fingerprint density at radius 2 is 1.61 bits per heavy atom. The number of aromatic carboxylic acids is 1. The minimum absolute atomic E-state index is 0.171. The maximum absolute atomic E-state index is 12.5. The van der Waals surface area contributed by atoms with E-state index in [0.29, 0.717) is 17.7 Å². The second-order valence-electron chi connectivity index (χ2n) is 6.56. The fraction of sp³-hybridized carbons (Fsp3) is 0.238. The van der Waals surface area contributed by atoms with Gasteiger partial charge in [0.25, 0.3) is 17.7 Å². The van der Waals surface area contributed by atoms with E-state index in [-0.39, 0.29) is 35.4 Å². The third-order valence-corrected chi connectivity index (χ3v) is 4.62. The van der Waals surface area contributed by atoms with Gasteiger partial charge in [-0.3, -0.25) is 19.3 Å². The molecule has 2 N–H and O–H groups in total. The summed E-state index contributed by atoms with van der Waals surface area (Å²) >= 11 is 0. The number of unbranched alkanes of at least 4 members (excludes halogenated alkanes) is 1. The molecule has 2 aromatic carbocycles. The number of nitrogens with zero attached hydrogens (tertiary/aromatic N) is 1. The topological polar surface area (TPSA) is 104 Å². The van der Waals surface area contributed by atoms with Gasteiger partial charge >= 0.3 is 5.97 Å². The van der Waals surface area contributed by atoms with Crippen LogP contribution in [-0.2, 0) is 6.54 Å². The van der Waals surface area contributed by atoms with Crippen LogP contribution in [0.4, 0.5) is 0 Å². The van der Waals surface area contributed by atoms with Gasteiger partial charge in [0.1, 0.15) is 0 Å². The van der Waals surface area contributed by atoms with Gasteiger partial charge in [-0.15, -0.1) is 0 Å². The molecule has 0 spiro atoms. The molecule has 0 saturated carbocycles. The zero-order chi connectivity index (χ0) is 20.3. The quantitative estimate of drug-likeness (QED) is 0.719. The smallest absolute Gasteiger partial charge is 0.335 e. The molecular weight excluding hydrogens is 360 g/mol. The highest BCUT2D eigenvalue weighted by Gasteiger charge is 2.35. The van der Waals surface area contributed by atoms with Gasteiger partial charge < -0.3 is 10.4 Å². The Balaban J connectivity index is 1.69. The fourth-order valence-corrected chi connectivity index (χ4v) is 3.00. The number of hydrogen-bond acceptors (Lipinski definition) is 4. The summed E-state index contributed by atoms with van der Waals surface area (Å²) in [4.78, 5) is 49.3. The van der Waals surface area contributed by atoms with Crippen LogP contribution >= 0.6 is 0 Å². The summed E-state index contributed by atoms with van der Waals surface area (Å²) in [7, 11) is 0. The molecule has 0 radical (unpaired) electrons. The molecule has 0 unspecified atom stereocenters. The number of imide groups is 1. The molecule has 144 valence electrons. The minimum atomic E-state index is -1.01. The van der Waals surface area contributed by atoms with Crippen LogP contribution in [0.2, 0.25) is 0 Å². The standard InChI is InChI=1S/C21H20N2O5/c1-2-3-10-23-19(25)16-9-8-15(11-17(16)20(23)26)18(24)22-12-13-4-6-14(7-5-13)21(27)28/h4-9,11H,2-3,10,12H2,1H3,(H,22,24)(H,27,28). The number of carbonyl (C=O) groups excluding carboxylic acids is 3. The van der Waals surface area contributed by atoms with Crippen molar-refractivity contribution >= 4 is 23.7 Å². The van der Waals surface area contributed by atoms with Crippen LogP contribution in [0.15, 0.2) is 42.5 Å². The van der Waals surface area contributed by atoms with Crippen molar-refractivity contribution in [2.45, 2.75) is 26.3 Å². The maximum atomic E-state index is 12.5. The Morgan fingerprint density at radius 3 is 2.25 bits per heavy atom. The van der Waals surface area contributed by atoms with Crippen LogP contribution in [-0.4, -0.2) is 40.2 Å². The minimum Gasteiger partial charge on any atom is -0.478 e. The van der Waals surface area contributed by atoms with E-state index in [1.165, 1.54) is 35.2 Å². The number of rotatable bonds is 7. The Hall–Kier alpha value is -3.48. The van der Waals surface area contributed by atoms with Crippen molar-refractivity contribution in [2.24, 2.45) is 0 Å². The molecule has 3 amide bonds. The third kappa shape index (κ3) is 3.78. The van der Waals surface area contributed by atoms with Gasteiger partial charge in [-0.2, -0.15) is 0 Å². The summed E-state index contributed by atoms with van der Waals surface area (Å²) in [6.45, 7) is 2.57. The normalized spacial score (nSPS) is 12.8. The molecule has 3 rings (SSSR count). The Labute approximate surface area is 162 Å². The Morgan fingerprint density at radius 1 is 0.964 bits per heavy atom. The number of fused-ring (bicyclic) bond motifs is 1. The molecule has 1 aliphatic rings. The number of benzene rings is 2. The third-order valence-electron chi connectivity index (χ3n) is 4.62. The number of carboxylic acids is 1. The van der Waals surface area contributed by atoms with Crippen LogP contribution in [0, 0.1) is 0 Å². The molecule has 0 saturated heterocycles. The molecule has 0 aliphatic carbocycles. The molecule has 2 aromatic rings. The fourth-order valence-electron chi connectivity index (χ4n) is 3.00.